The van der Waals surface area contributed by atoms with Gasteiger partial charge in [-0.1, -0.05) is 44.9 Å². The monoisotopic (exact) mass is 922 g/mol. The van der Waals surface area contributed by atoms with Gasteiger partial charge >= 0.3 is 11.6 Å². The molecule has 0 spiro atoms. The molecule has 2 saturated heterocycles. The van der Waals surface area contributed by atoms with Crippen LogP contribution in [-0.4, -0.2) is 133 Å². The average molecular weight is 923 g/mol. The molecular weight excluding hydrogens is 871 g/mol. The van der Waals surface area contributed by atoms with Crippen molar-refractivity contribution in [2.45, 2.75) is 94.9 Å². The highest BCUT2D eigenvalue weighted by molar-refractivity contribution is 8.76. The largest absolute Gasteiger partial charge is 0.481 e. The van der Waals surface area contributed by atoms with Crippen molar-refractivity contribution >= 4 is 85.5 Å². The Morgan fingerprint density at radius 2 is 1.75 bits per heavy atom. The molecule has 7 amide bonds. The molecular formula is C41H52N11O10S2+. The van der Waals surface area contributed by atoms with Crippen LogP contribution >= 0.6 is 21.6 Å². The molecule has 0 saturated carbocycles. The lowest BCUT2D eigenvalue weighted by Crippen LogP contribution is -2.58. The van der Waals surface area contributed by atoms with Crippen LogP contribution in [0.25, 0.3) is 16.6 Å². The topological polar surface area (TPSA) is 292 Å². The van der Waals surface area contributed by atoms with Gasteiger partial charge in [0.25, 0.3) is 0 Å². The van der Waals surface area contributed by atoms with Crippen LogP contribution < -0.4 is 36.9 Å². The summed E-state index contributed by atoms with van der Waals surface area (Å²) in [6, 6.07) is 5.03. The molecule has 1 unspecified atom stereocenters. The van der Waals surface area contributed by atoms with Crippen molar-refractivity contribution in [1.82, 2.24) is 46.1 Å². The van der Waals surface area contributed by atoms with E-state index in [9.17, 15) is 43.5 Å². The maximum atomic E-state index is 14.0. The molecule has 23 heteroatoms. The molecule has 0 bridgehead atoms. The predicted octanol–water partition coefficient (Wildman–Crippen LogP) is -0.720. The van der Waals surface area contributed by atoms with Gasteiger partial charge in [0.15, 0.2) is 6.20 Å². The first kappa shape index (κ1) is 47.3. The molecule has 5 heterocycles. The lowest BCUT2D eigenvalue weighted by atomic mass is 10.1. The van der Waals surface area contributed by atoms with Crippen LogP contribution in [0.5, 0.6) is 0 Å². The van der Waals surface area contributed by atoms with Gasteiger partial charge in [-0.25, -0.2) is 4.57 Å². The Hall–Kier alpha value is -6.20. The number of carbonyl (C=O) groups is 8. The Morgan fingerprint density at radius 1 is 0.953 bits per heavy atom. The number of unbranched alkanes of at least 4 members (excludes halogenated alkanes) is 1. The maximum absolute atomic E-state index is 14.0. The number of nitrogens with two attached hydrogens (primary N) is 1. The second-order valence-corrected chi connectivity index (χ2v) is 18.1. The van der Waals surface area contributed by atoms with E-state index in [2.05, 4.69) is 36.7 Å². The van der Waals surface area contributed by atoms with Gasteiger partial charge in [0.2, 0.25) is 41.4 Å². The van der Waals surface area contributed by atoms with Crippen molar-refractivity contribution in [3.05, 3.63) is 66.7 Å². The number of primary amides is 1. The van der Waals surface area contributed by atoms with Crippen molar-refractivity contribution in [3.63, 3.8) is 0 Å². The molecule has 21 nitrogen and oxygen atoms in total. The van der Waals surface area contributed by atoms with Crippen molar-refractivity contribution in [2.24, 2.45) is 5.73 Å². The minimum atomic E-state index is -1.66. The highest BCUT2D eigenvalue weighted by Crippen LogP contribution is 2.27. The quantitative estimate of drug-likeness (QED) is 0.0525. The number of hydrogen-bond donors (Lipinski definition) is 8. The highest BCUT2D eigenvalue weighted by Gasteiger charge is 2.43. The van der Waals surface area contributed by atoms with E-state index in [1.54, 1.807) is 16.9 Å². The second-order valence-electron chi connectivity index (χ2n) is 15.5. The zero-order valence-electron chi connectivity index (χ0n) is 35.0. The number of nitrogens with zero attached hydrogens (tertiary/aromatic N) is 4. The van der Waals surface area contributed by atoms with Crippen LogP contribution in [0.3, 0.4) is 0 Å². The molecule has 3 aromatic heterocycles. The van der Waals surface area contributed by atoms with E-state index in [1.165, 1.54) is 33.4 Å². The summed E-state index contributed by atoms with van der Waals surface area (Å²) in [5.41, 5.74) is 8.32. The SMILES string of the molecule is C[C@@H]1NC(=O)[C@H](CC(=O)O)NC(=O)CNC(=O)[C@H](CCCC[n+]2ccn3ncccc32)NC(=O)CCSSC[C@@H](C(N)=O)NC(=O)[C@@H]2CC(OCc3c[nH]c4ccccc34)CN2C1=O. The minimum absolute atomic E-state index is 0.0155. The lowest BCUT2D eigenvalue weighted by Gasteiger charge is -2.28. The molecule has 0 radical (unpaired) electrons. The molecule has 0 aliphatic carbocycles. The third kappa shape index (κ3) is 12.7. The number of carboxylic acids is 1. The maximum Gasteiger partial charge on any atom is 0.307 e. The zero-order valence-corrected chi connectivity index (χ0v) is 36.7. The van der Waals surface area contributed by atoms with E-state index < -0.39 is 96.6 Å². The molecule has 2 aliphatic rings. The van der Waals surface area contributed by atoms with Gasteiger partial charge in [0.05, 0.1) is 38.4 Å². The third-order valence-corrected chi connectivity index (χ3v) is 13.2. The number of carbonyl (C=O) groups excluding carboxylic acids is 7. The zero-order chi connectivity index (χ0) is 45.8. The number of nitrogens with one attached hydrogen (secondary N) is 6. The van der Waals surface area contributed by atoms with Gasteiger partial charge < -0.3 is 52.0 Å². The minimum Gasteiger partial charge on any atom is -0.481 e. The molecule has 4 aromatic rings. The molecule has 1 aromatic carbocycles. The molecule has 2 aliphatic heterocycles. The van der Waals surface area contributed by atoms with Crippen LogP contribution in [0.2, 0.25) is 0 Å². The first-order valence-electron chi connectivity index (χ1n) is 20.8. The average Bonchev–Trinajstić information content (AvgIpc) is 4.01. The van der Waals surface area contributed by atoms with Gasteiger partial charge in [0, 0.05) is 59.6 Å². The van der Waals surface area contributed by atoms with E-state index in [1.807, 2.05) is 53.4 Å². The van der Waals surface area contributed by atoms with Crippen LogP contribution in [-0.2, 0) is 56.2 Å². The van der Waals surface area contributed by atoms with Gasteiger partial charge in [-0.2, -0.15) is 0 Å². The fourth-order valence-corrected chi connectivity index (χ4v) is 9.64. The van der Waals surface area contributed by atoms with E-state index >= 15 is 0 Å². The number of carboxylic acid groups (broad SMARTS) is 1. The first-order chi connectivity index (χ1) is 30.8. The summed E-state index contributed by atoms with van der Waals surface area (Å²) in [5, 5.41) is 27.5. The van der Waals surface area contributed by atoms with Gasteiger partial charge in [-0.05, 0) is 38.3 Å². The summed E-state index contributed by atoms with van der Waals surface area (Å²) >= 11 is 0. The number of aliphatic carboxylic acids is 1. The molecule has 6 atom stereocenters. The molecule has 342 valence electrons. The second kappa shape index (κ2) is 22.4. The Balaban J connectivity index is 1.15. The summed E-state index contributed by atoms with van der Waals surface area (Å²) in [4.78, 5) is 110. The van der Waals surface area contributed by atoms with Gasteiger partial charge in [-0.15, -0.1) is 4.52 Å². The third-order valence-electron chi connectivity index (χ3n) is 10.8. The molecule has 9 N–H and O–H groups in total. The van der Waals surface area contributed by atoms with Crippen LogP contribution in [0.15, 0.2) is 61.2 Å². The van der Waals surface area contributed by atoms with E-state index in [-0.39, 0.29) is 43.9 Å². The number of para-hydroxylation sites is 1. The summed E-state index contributed by atoms with van der Waals surface area (Å²) in [5.74, 6) is -6.38. The van der Waals surface area contributed by atoms with Gasteiger partial charge in [0.1, 0.15) is 36.4 Å². The number of imidazole rings is 1. The molecule has 64 heavy (non-hydrogen) atoms. The van der Waals surface area contributed by atoms with Crippen LogP contribution in [0, 0.1) is 0 Å². The number of aryl methyl sites for hydroxylation is 1. The van der Waals surface area contributed by atoms with E-state index in [4.69, 9.17) is 10.5 Å². The van der Waals surface area contributed by atoms with Crippen LogP contribution in [0.4, 0.5) is 0 Å². The number of aromatic amines is 1. The van der Waals surface area contributed by atoms with Crippen molar-refractivity contribution in [1.29, 1.82) is 0 Å². The Morgan fingerprint density at radius 3 is 2.55 bits per heavy atom. The van der Waals surface area contributed by atoms with Crippen molar-refractivity contribution in [3.8, 4) is 0 Å². The molecule has 6 rings (SSSR count). The van der Waals surface area contributed by atoms with E-state index in [0.717, 1.165) is 22.1 Å². The van der Waals surface area contributed by atoms with Crippen LogP contribution in [0.1, 0.15) is 51.0 Å². The lowest BCUT2D eigenvalue weighted by molar-refractivity contribution is -0.671. The predicted molar refractivity (Wildman–Crippen MR) is 234 cm³/mol. The Labute approximate surface area is 375 Å². The standard InChI is InChI=1S/C41H51N11O10S2/c1-24-41(61)51-21-26(62-22-25-19-43-28-8-3-2-7-27(25)28)17-32(51)40(60)49-31(37(42)57)23-64-63-16-11-33(53)47-29(9-4-5-13-50-14-15-52-35(50)10-6-12-45-52)38(58)44-20-34(54)48-30(18-36(55)56)39(59)46-24/h2-3,6-8,10,12,14-15,19,24,26,29-32,43H,4-5,9,11,13,16-18,20-23H2,1H3,(H7-,42,44,46,47,48,49,53,54,55,56,57,58,59,60)/p+1/t24-,26?,29-,30-,31-,32-/m0/s1. The normalized spacial score (nSPS) is 23.7. The number of hydrogen-bond acceptors (Lipinski definition) is 12. The smallest absolute Gasteiger partial charge is 0.307 e. The number of fused-ring (bicyclic) bond motifs is 3. The number of amides is 7. The van der Waals surface area contributed by atoms with Crippen molar-refractivity contribution in [2.75, 3.05) is 24.6 Å². The number of benzene rings is 1. The Bertz CT molecular complexity index is 2360. The van der Waals surface area contributed by atoms with Crippen molar-refractivity contribution < 1.29 is 52.8 Å². The fourth-order valence-electron chi connectivity index (χ4n) is 7.48. The molecule has 2 fully saturated rings. The number of aromatic nitrogens is 4. The fraction of sp³-hybridized carbons (Fsp3) is 0.463. The summed E-state index contributed by atoms with van der Waals surface area (Å²) < 4.78 is 9.94. The summed E-state index contributed by atoms with van der Waals surface area (Å²) in [6.07, 6.45) is 7.06. The number of ether oxygens (including phenoxy) is 1. The summed E-state index contributed by atoms with van der Waals surface area (Å²) in [6.45, 7) is 1.38. The summed E-state index contributed by atoms with van der Waals surface area (Å²) in [7, 11) is 2.45. The Kier molecular flexibility index (Phi) is 16.6. The van der Waals surface area contributed by atoms with E-state index in [0.29, 0.717) is 19.4 Å². The number of H-pyrrole nitrogens is 1. The first-order valence-corrected chi connectivity index (χ1v) is 23.3. The number of rotatable bonds is 11. The van der Waals surface area contributed by atoms with Gasteiger partial charge in [-0.3, -0.25) is 38.4 Å². The highest BCUT2D eigenvalue weighted by atomic mass is 33.1.